The highest BCUT2D eigenvalue weighted by Crippen LogP contribution is 2.24. The van der Waals surface area contributed by atoms with E-state index in [0.717, 1.165) is 29.5 Å². The van der Waals surface area contributed by atoms with Crippen LogP contribution in [0.2, 0.25) is 0 Å². The SMILES string of the molecule is CNC(=O)C[C@H]1CC[C@@H](CNC(=O)c2cc3cc(OC)ccc3[nH]2)N1C. The number of hydrogen-bond acceptors (Lipinski definition) is 4. The number of aromatic amines is 1. The Morgan fingerprint density at radius 2 is 2.04 bits per heavy atom. The summed E-state index contributed by atoms with van der Waals surface area (Å²) in [6.45, 7) is 0.568. The molecule has 7 nitrogen and oxygen atoms in total. The van der Waals surface area contributed by atoms with E-state index in [0.29, 0.717) is 18.7 Å². The average Bonchev–Trinajstić information content (AvgIpc) is 3.23. The smallest absolute Gasteiger partial charge is 0.267 e. The van der Waals surface area contributed by atoms with Crippen LogP contribution in [0, 0.1) is 0 Å². The van der Waals surface area contributed by atoms with Crippen LogP contribution >= 0.6 is 0 Å². The number of aromatic nitrogens is 1. The second-order valence-corrected chi connectivity index (χ2v) is 6.77. The summed E-state index contributed by atoms with van der Waals surface area (Å²) < 4.78 is 5.22. The Labute approximate surface area is 153 Å². The molecule has 0 unspecified atom stereocenters. The van der Waals surface area contributed by atoms with Crippen LogP contribution in [0.25, 0.3) is 10.9 Å². The van der Waals surface area contributed by atoms with Gasteiger partial charge >= 0.3 is 0 Å². The fourth-order valence-electron chi connectivity index (χ4n) is 3.56. The summed E-state index contributed by atoms with van der Waals surface area (Å²) in [5.74, 6) is 0.696. The maximum absolute atomic E-state index is 12.5. The summed E-state index contributed by atoms with van der Waals surface area (Å²) in [4.78, 5) is 29.4. The van der Waals surface area contributed by atoms with Crippen molar-refractivity contribution in [1.82, 2.24) is 20.5 Å². The molecule has 2 heterocycles. The zero-order valence-corrected chi connectivity index (χ0v) is 15.5. The van der Waals surface area contributed by atoms with E-state index in [1.54, 1.807) is 14.2 Å². The molecule has 7 heteroatoms. The van der Waals surface area contributed by atoms with Crippen molar-refractivity contribution in [3.8, 4) is 5.75 Å². The molecule has 2 aromatic rings. The molecule has 2 atom stereocenters. The van der Waals surface area contributed by atoms with E-state index in [-0.39, 0.29) is 23.9 Å². The van der Waals surface area contributed by atoms with E-state index in [2.05, 4.69) is 20.5 Å². The Hall–Kier alpha value is -2.54. The Bertz CT molecular complexity index is 801. The molecule has 1 aliphatic rings. The lowest BCUT2D eigenvalue weighted by Crippen LogP contribution is -2.42. The quantitative estimate of drug-likeness (QED) is 0.730. The van der Waals surface area contributed by atoms with Gasteiger partial charge in [-0.15, -0.1) is 0 Å². The van der Waals surface area contributed by atoms with Gasteiger partial charge in [0.05, 0.1) is 7.11 Å². The van der Waals surface area contributed by atoms with Crippen molar-refractivity contribution in [3.05, 3.63) is 30.0 Å². The van der Waals surface area contributed by atoms with Gasteiger partial charge in [-0.05, 0) is 44.2 Å². The Morgan fingerprint density at radius 1 is 1.27 bits per heavy atom. The van der Waals surface area contributed by atoms with Gasteiger partial charge in [0.2, 0.25) is 5.91 Å². The molecule has 1 fully saturated rings. The first kappa shape index (κ1) is 18.3. The van der Waals surface area contributed by atoms with E-state index in [4.69, 9.17) is 4.74 Å². The molecule has 140 valence electrons. The third kappa shape index (κ3) is 3.83. The summed E-state index contributed by atoms with van der Waals surface area (Å²) in [5, 5.41) is 6.62. The Morgan fingerprint density at radius 3 is 2.77 bits per heavy atom. The third-order valence-electron chi connectivity index (χ3n) is 5.26. The highest BCUT2D eigenvalue weighted by molar-refractivity contribution is 5.98. The van der Waals surface area contributed by atoms with Crippen molar-refractivity contribution < 1.29 is 14.3 Å². The number of nitrogens with zero attached hydrogens (tertiary/aromatic N) is 1. The predicted octanol–water partition coefficient (Wildman–Crippen LogP) is 1.51. The monoisotopic (exact) mass is 358 g/mol. The molecule has 1 saturated heterocycles. The number of benzene rings is 1. The van der Waals surface area contributed by atoms with Crippen LogP contribution in [0.1, 0.15) is 29.8 Å². The van der Waals surface area contributed by atoms with Crippen LogP contribution in [0.4, 0.5) is 0 Å². The molecular formula is C19H26N4O3. The lowest BCUT2D eigenvalue weighted by atomic mass is 10.1. The predicted molar refractivity (Wildman–Crippen MR) is 100 cm³/mol. The van der Waals surface area contributed by atoms with Gasteiger partial charge in [-0.25, -0.2) is 0 Å². The first-order valence-electron chi connectivity index (χ1n) is 8.89. The molecule has 3 N–H and O–H groups in total. The molecule has 0 spiro atoms. The second-order valence-electron chi connectivity index (χ2n) is 6.77. The van der Waals surface area contributed by atoms with Crippen molar-refractivity contribution in [2.45, 2.75) is 31.3 Å². The summed E-state index contributed by atoms with van der Waals surface area (Å²) in [5.41, 5.74) is 1.44. The van der Waals surface area contributed by atoms with Crippen LogP contribution < -0.4 is 15.4 Å². The number of nitrogens with one attached hydrogen (secondary N) is 3. The van der Waals surface area contributed by atoms with E-state index >= 15 is 0 Å². The number of carbonyl (C=O) groups is 2. The summed E-state index contributed by atoms with van der Waals surface area (Å²) in [7, 11) is 5.30. The largest absolute Gasteiger partial charge is 0.497 e. The lowest BCUT2D eigenvalue weighted by molar-refractivity contribution is -0.121. The number of H-pyrrole nitrogens is 1. The molecule has 1 aromatic heterocycles. The molecule has 1 aliphatic heterocycles. The number of fused-ring (bicyclic) bond motifs is 1. The third-order valence-corrected chi connectivity index (χ3v) is 5.26. The number of carbonyl (C=O) groups excluding carboxylic acids is 2. The summed E-state index contributed by atoms with van der Waals surface area (Å²) >= 11 is 0. The van der Waals surface area contributed by atoms with Gasteiger partial charge in [-0.3, -0.25) is 14.5 Å². The molecule has 2 amide bonds. The topological polar surface area (TPSA) is 86.5 Å². The number of likely N-dealkylation sites (tertiary alicyclic amines) is 1. The fourth-order valence-corrected chi connectivity index (χ4v) is 3.56. The molecular weight excluding hydrogens is 332 g/mol. The molecule has 26 heavy (non-hydrogen) atoms. The van der Waals surface area contributed by atoms with Crippen LogP contribution in [0.15, 0.2) is 24.3 Å². The molecule has 0 aliphatic carbocycles. The Kier molecular flexibility index (Phi) is 5.46. The molecule has 0 bridgehead atoms. The number of hydrogen-bond donors (Lipinski definition) is 3. The van der Waals surface area contributed by atoms with Gasteiger partial charge in [0.25, 0.3) is 5.91 Å². The normalized spacial score (nSPS) is 20.3. The van der Waals surface area contributed by atoms with Gasteiger partial charge in [-0.2, -0.15) is 0 Å². The van der Waals surface area contributed by atoms with Crippen molar-refractivity contribution in [3.63, 3.8) is 0 Å². The highest BCUT2D eigenvalue weighted by Gasteiger charge is 2.31. The molecule has 1 aromatic carbocycles. The lowest BCUT2D eigenvalue weighted by Gasteiger charge is -2.25. The van der Waals surface area contributed by atoms with Gasteiger partial charge in [0, 0.05) is 43.0 Å². The molecule has 0 radical (unpaired) electrons. The van der Waals surface area contributed by atoms with Gasteiger partial charge in [0.15, 0.2) is 0 Å². The zero-order chi connectivity index (χ0) is 18.7. The fraction of sp³-hybridized carbons (Fsp3) is 0.474. The van der Waals surface area contributed by atoms with Crippen LogP contribution in [-0.4, -0.2) is 61.5 Å². The van der Waals surface area contributed by atoms with Crippen LogP contribution in [-0.2, 0) is 4.79 Å². The van der Waals surface area contributed by atoms with Crippen molar-refractivity contribution >= 4 is 22.7 Å². The van der Waals surface area contributed by atoms with Crippen molar-refractivity contribution in [1.29, 1.82) is 0 Å². The zero-order valence-electron chi connectivity index (χ0n) is 15.5. The maximum Gasteiger partial charge on any atom is 0.267 e. The second kappa shape index (κ2) is 7.78. The Balaban J connectivity index is 1.58. The van der Waals surface area contributed by atoms with Gasteiger partial charge in [-0.1, -0.05) is 0 Å². The molecule has 3 rings (SSSR count). The maximum atomic E-state index is 12.5. The minimum Gasteiger partial charge on any atom is -0.497 e. The highest BCUT2D eigenvalue weighted by atomic mass is 16.5. The first-order chi connectivity index (χ1) is 12.5. The van der Waals surface area contributed by atoms with Crippen molar-refractivity contribution in [2.75, 3.05) is 27.7 Å². The number of rotatable bonds is 6. The number of ether oxygens (including phenoxy) is 1. The van der Waals surface area contributed by atoms with Crippen LogP contribution in [0.5, 0.6) is 5.75 Å². The van der Waals surface area contributed by atoms with E-state index in [9.17, 15) is 9.59 Å². The van der Waals surface area contributed by atoms with Gasteiger partial charge < -0.3 is 20.4 Å². The van der Waals surface area contributed by atoms with Crippen LogP contribution in [0.3, 0.4) is 0 Å². The number of likely N-dealkylation sites (N-methyl/N-ethyl adjacent to an activating group) is 1. The summed E-state index contributed by atoms with van der Waals surface area (Å²) in [6, 6.07) is 7.98. The summed E-state index contributed by atoms with van der Waals surface area (Å²) in [6.07, 6.45) is 2.44. The van der Waals surface area contributed by atoms with E-state index in [1.165, 1.54) is 0 Å². The first-order valence-corrected chi connectivity index (χ1v) is 8.89. The standard InChI is InChI=1S/C19H26N4O3/c1-20-18(24)10-13-4-5-14(23(13)2)11-21-19(25)17-9-12-8-15(26-3)6-7-16(12)22-17/h6-9,13-14,22H,4-5,10-11H2,1-3H3,(H,20,24)(H,21,25)/t13-,14+/m1/s1. The number of methoxy groups -OCH3 is 1. The number of amides is 2. The minimum absolute atomic E-state index is 0.0556. The van der Waals surface area contributed by atoms with E-state index < -0.39 is 0 Å². The van der Waals surface area contributed by atoms with E-state index in [1.807, 2.05) is 31.3 Å². The average molecular weight is 358 g/mol. The molecule has 0 saturated carbocycles. The van der Waals surface area contributed by atoms with Crippen molar-refractivity contribution in [2.24, 2.45) is 0 Å². The minimum atomic E-state index is -0.122. The van der Waals surface area contributed by atoms with Gasteiger partial charge in [0.1, 0.15) is 11.4 Å².